The lowest BCUT2D eigenvalue weighted by Gasteiger charge is -1.99. The molecule has 0 atom stereocenters. The van der Waals surface area contributed by atoms with Gasteiger partial charge in [0.05, 0.1) is 5.69 Å². The topological polar surface area (TPSA) is 53.7 Å². The lowest BCUT2D eigenvalue weighted by molar-refractivity contribution is 0.0690. The maximum Gasteiger partial charge on any atom is 0.355 e. The van der Waals surface area contributed by atoms with Crippen LogP contribution in [0.3, 0.4) is 0 Å². The summed E-state index contributed by atoms with van der Waals surface area (Å²) in [6.45, 7) is 0. The summed E-state index contributed by atoms with van der Waals surface area (Å²) in [6, 6.07) is 7.36. The molecule has 0 amide bonds. The van der Waals surface area contributed by atoms with Crippen LogP contribution in [0.15, 0.2) is 30.5 Å². The highest BCUT2D eigenvalue weighted by Gasteiger charge is 2.14. The van der Waals surface area contributed by atoms with E-state index in [0.717, 1.165) is 5.52 Å². The molecule has 2 heterocycles. The van der Waals surface area contributed by atoms with Crippen LogP contribution in [-0.4, -0.2) is 22.5 Å². The van der Waals surface area contributed by atoms with Crippen LogP contribution in [0.2, 0.25) is 0 Å². The van der Waals surface area contributed by atoms with Gasteiger partial charge in [-0.3, -0.25) is 0 Å². The van der Waals surface area contributed by atoms with E-state index in [0.29, 0.717) is 5.69 Å². The molecular formula is C10H10N2O2. The summed E-state index contributed by atoms with van der Waals surface area (Å²) < 4.78 is 1.65. The molecule has 2 rings (SSSR count). The van der Waals surface area contributed by atoms with Crippen LogP contribution in [-0.2, 0) is 0 Å². The van der Waals surface area contributed by atoms with Gasteiger partial charge in [-0.2, -0.15) is 0 Å². The fraction of sp³-hybridized carbons (Fsp3) is 0.100. The standard InChI is InChI=1S/C10H10N2O2/c1-11-8-6-7-4-2-3-5-12(7)9(8)10(13)14/h2-6,11H,1H3,(H,13,14). The third kappa shape index (κ3) is 1.12. The van der Waals surface area contributed by atoms with Crippen molar-refractivity contribution in [2.75, 3.05) is 12.4 Å². The Hall–Kier alpha value is -1.97. The normalized spacial score (nSPS) is 10.4. The van der Waals surface area contributed by atoms with Gasteiger partial charge in [0, 0.05) is 18.8 Å². The summed E-state index contributed by atoms with van der Waals surface area (Å²) in [6.07, 6.45) is 1.74. The predicted molar refractivity (Wildman–Crippen MR) is 53.9 cm³/mol. The van der Waals surface area contributed by atoms with Crippen molar-refractivity contribution in [3.8, 4) is 0 Å². The maximum absolute atomic E-state index is 11.0. The molecule has 0 saturated heterocycles. The number of fused-ring (bicyclic) bond motifs is 1. The van der Waals surface area contributed by atoms with E-state index < -0.39 is 5.97 Å². The largest absolute Gasteiger partial charge is 0.476 e. The molecule has 4 heteroatoms. The lowest BCUT2D eigenvalue weighted by atomic mass is 10.3. The van der Waals surface area contributed by atoms with Gasteiger partial charge in [-0.15, -0.1) is 0 Å². The molecule has 0 spiro atoms. The number of anilines is 1. The first-order valence-electron chi connectivity index (χ1n) is 4.25. The van der Waals surface area contributed by atoms with Gasteiger partial charge in [-0.1, -0.05) is 6.07 Å². The van der Waals surface area contributed by atoms with Gasteiger partial charge in [-0.25, -0.2) is 4.79 Å². The average Bonchev–Trinajstić information content (AvgIpc) is 2.55. The zero-order chi connectivity index (χ0) is 10.1. The number of carboxylic acids is 1. The molecule has 72 valence electrons. The third-order valence-corrected chi connectivity index (χ3v) is 2.15. The predicted octanol–water partition coefficient (Wildman–Crippen LogP) is 1.68. The summed E-state index contributed by atoms with van der Waals surface area (Å²) in [5.41, 5.74) is 1.76. The third-order valence-electron chi connectivity index (χ3n) is 2.15. The summed E-state index contributed by atoms with van der Waals surface area (Å²) in [5, 5.41) is 11.9. The van der Waals surface area contributed by atoms with Crippen LogP contribution in [0.5, 0.6) is 0 Å². The van der Waals surface area contributed by atoms with E-state index in [-0.39, 0.29) is 5.69 Å². The van der Waals surface area contributed by atoms with Gasteiger partial charge in [0.1, 0.15) is 0 Å². The first-order valence-corrected chi connectivity index (χ1v) is 4.25. The van der Waals surface area contributed by atoms with Gasteiger partial charge < -0.3 is 14.8 Å². The van der Waals surface area contributed by atoms with E-state index in [2.05, 4.69) is 5.32 Å². The van der Waals surface area contributed by atoms with Crippen LogP contribution in [0.25, 0.3) is 5.52 Å². The molecule has 0 radical (unpaired) electrons. The van der Waals surface area contributed by atoms with Crippen molar-refractivity contribution in [2.24, 2.45) is 0 Å². The molecule has 14 heavy (non-hydrogen) atoms. The Morgan fingerprint density at radius 3 is 2.93 bits per heavy atom. The molecule has 0 aromatic carbocycles. The Morgan fingerprint density at radius 2 is 2.29 bits per heavy atom. The maximum atomic E-state index is 11.0. The van der Waals surface area contributed by atoms with E-state index >= 15 is 0 Å². The Bertz CT molecular complexity index is 488. The van der Waals surface area contributed by atoms with Crippen LogP contribution < -0.4 is 5.32 Å². The van der Waals surface area contributed by atoms with Crippen molar-refractivity contribution in [3.63, 3.8) is 0 Å². The molecule has 0 aliphatic heterocycles. The quantitative estimate of drug-likeness (QED) is 0.757. The zero-order valence-electron chi connectivity index (χ0n) is 7.69. The number of nitrogens with zero attached hydrogens (tertiary/aromatic N) is 1. The number of nitrogens with one attached hydrogen (secondary N) is 1. The number of hydrogen-bond acceptors (Lipinski definition) is 2. The summed E-state index contributed by atoms with van der Waals surface area (Å²) in [5.74, 6) is -0.930. The average molecular weight is 190 g/mol. The molecule has 0 saturated carbocycles. The smallest absolute Gasteiger partial charge is 0.355 e. The summed E-state index contributed by atoms with van der Waals surface area (Å²) >= 11 is 0. The first-order chi connectivity index (χ1) is 6.74. The molecule has 0 fully saturated rings. The van der Waals surface area contributed by atoms with Crippen LogP contribution in [0.1, 0.15) is 10.5 Å². The first kappa shape index (κ1) is 8.62. The molecule has 2 aromatic rings. The molecule has 0 aliphatic carbocycles. The van der Waals surface area contributed by atoms with Gasteiger partial charge in [0.15, 0.2) is 5.69 Å². The number of hydrogen-bond donors (Lipinski definition) is 2. The second-order valence-electron chi connectivity index (χ2n) is 2.96. The summed E-state index contributed by atoms with van der Waals surface area (Å²) in [4.78, 5) is 11.0. The molecule has 4 nitrogen and oxygen atoms in total. The Kier molecular flexibility index (Phi) is 1.89. The second kappa shape index (κ2) is 3.06. The van der Waals surface area contributed by atoms with Crippen LogP contribution >= 0.6 is 0 Å². The van der Waals surface area contributed by atoms with Gasteiger partial charge in [0.25, 0.3) is 0 Å². The van der Waals surface area contributed by atoms with E-state index in [4.69, 9.17) is 5.11 Å². The van der Waals surface area contributed by atoms with Gasteiger partial charge in [0.2, 0.25) is 0 Å². The molecular weight excluding hydrogens is 180 g/mol. The zero-order valence-corrected chi connectivity index (χ0v) is 7.69. The minimum Gasteiger partial charge on any atom is -0.476 e. The SMILES string of the molecule is CNc1cc2ccccn2c1C(=O)O. The number of carboxylic acid groups (broad SMARTS) is 1. The molecule has 0 aliphatic rings. The number of carbonyl (C=O) groups is 1. The number of pyridine rings is 1. The lowest BCUT2D eigenvalue weighted by Crippen LogP contribution is -2.04. The number of aromatic carboxylic acids is 1. The fourth-order valence-electron chi connectivity index (χ4n) is 1.53. The monoisotopic (exact) mass is 190 g/mol. The highest BCUT2D eigenvalue weighted by molar-refractivity contribution is 5.95. The van der Waals surface area contributed by atoms with Crippen LogP contribution in [0, 0.1) is 0 Å². The van der Waals surface area contributed by atoms with Crippen LogP contribution in [0.4, 0.5) is 5.69 Å². The van der Waals surface area contributed by atoms with Crippen molar-refractivity contribution in [2.45, 2.75) is 0 Å². The minimum absolute atomic E-state index is 0.267. The fourth-order valence-corrected chi connectivity index (χ4v) is 1.53. The number of aromatic nitrogens is 1. The van der Waals surface area contributed by atoms with Crippen molar-refractivity contribution in [1.82, 2.24) is 4.40 Å². The van der Waals surface area contributed by atoms with E-state index in [1.165, 1.54) is 0 Å². The Morgan fingerprint density at radius 1 is 1.50 bits per heavy atom. The van der Waals surface area contributed by atoms with E-state index in [1.807, 2.05) is 18.2 Å². The highest BCUT2D eigenvalue weighted by atomic mass is 16.4. The Labute approximate surface area is 80.8 Å². The number of rotatable bonds is 2. The van der Waals surface area contributed by atoms with Gasteiger partial charge >= 0.3 is 5.97 Å². The van der Waals surface area contributed by atoms with E-state index in [9.17, 15) is 4.79 Å². The van der Waals surface area contributed by atoms with Gasteiger partial charge in [-0.05, 0) is 18.2 Å². The molecule has 2 N–H and O–H groups in total. The van der Waals surface area contributed by atoms with Crippen molar-refractivity contribution >= 4 is 17.2 Å². The highest BCUT2D eigenvalue weighted by Crippen LogP contribution is 2.20. The summed E-state index contributed by atoms with van der Waals surface area (Å²) in [7, 11) is 1.71. The minimum atomic E-state index is -0.930. The molecule has 2 aromatic heterocycles. The van der Waals surface area contributed by atoms with Crippen molar-refractivity contribution in [1.29, 1.82) is 0 Å². The van der Waals surface area contributed by atoms with E-state index in [1.54, 1.807) is 23.7 Å². The second-order valence-corrected chi connectivity index (χ2v) is 2.96. The molecule has 0 bridgehead atoms. The van der Waals surface area contributed by atoms with Crippen molar-refractivity contribution < 1.29 is 9.90 Å². The molecule has 0 unspecified atom stereocenters. The Balaban J connectivity index is 2.81. The van der Waals surface area contributed by atoms with Crippen molar-refractivity contribution in [3.05, 3.63) is 36.2 Å².